The van der Waals surface area contributed by atoms with Crippen molar-refractivity contribution in [2.24, 2.45) is 5.92 Å². The quantitative estimate of drug-likeness (QED) is 0.816. The molecule has 0 heterocycles. The van der Waals surface area contributed by atoms with Gasteiger partial charge in [0, 0.05) is 13.5 Å². The Bertz CT molecular complexity index is 415. The van der Waals surface area contributed by atoms with Gasteiger partial charge in [-0.15, -0.1) is 0 Å². The molecular formula is C15H22N2O2. The lowest BCUT2D eigenvalue weighted by Crippen LogP contribution is -2.49. The van der Waals surface area contributed by atoms with E-state index in [0.29, 0.717) is 6.54 Å². The van der Waals surface area contributed by atoms with Crippen LogP contribution in [0, 0.1) is 5.92 Å². The van der Waals surface area contributed by atoms with Crippen LogP contribution in [-0.4, -0.2) is 24.4 Å². The Balaban J connectivity index is 2.42. The molecule has 0 saturated heterocycles. The molecule has 0 aromatic heterocycles. The smallest absolute Gasteiger partial charge is 0.242 e. The van der Waals surface area contributed by atoms with Gasteiger partial charge in [-0.25, -0.2) is 0 Å². The Labute approximate surface area is 114 Å². The first kappa shape index (κ1) is 15.2. The third-order valence-corrected chi connectivity index (χ3v) is 2.86. The zero-order valence-electron chi connectivity index (χ0n) is 11.8. The molecule has 0 spiro atoms. The number of rotatable bonds is 6. The summed E-state index contributed by atoms with van der Waals surface area (Å²) in [5.74, 6) is -0.237. The van der Waals surface area contributed by atoms with E-state index in [4.69, 9.17) is 0 Å². The molecule has 0 aliphatic carbocycles. The van der Waals surface area contributed by atoms with E-state index < -0.39 is 6.04 Å². The molecule has 1 rings (SSSR count). The van der Waals surface area contributed by atoms with Crippen molar-refractivity contribution in [2.45, 2.75) is 33.2 Å². The van der Waals surface area contributed by atoms with Crippen molar-refractivity contribution in [3.05, 3.63) is 35.9 Å². The SMILES string of the molecule is CC(=O)N[C@H](C(=O)NCCc1ccccc1)C(C)C. The predicted octanol–water partition coefficient (Wildman–Crippen LogP) is 1.51. The van der Waals surface area contributed by atoms with Crippen molar-refractivity contribution in [3.8, 4) is 0 Å². The number of benzene rings is 1. The van der Waals surface area contributed by atoms with Crippen LogP contribution >= 0.6 is 0 Å². The zero-order chi connectivity index (χ0) is 14.3. The maximum atomic E-state index is 12.0. The highest BCUT2D eigenvalue weighted by Crippen LogP contribution is 2.02. The van der Waals surface area contributed by atoms with Crippen LogP contribution in [0.3, 0.4) is 0 Å². The second-order valence-corrected chi connectivity index (χ2v) is 4.95. The maximum absolute atomic E-state index is 12.0. The summed E-state index contributed by atoms with van der Waals surface area (Å²) in [6, 6.07) is 9.51. The van der Waals surface area contributed by atoms with Crippen molar-refractivity contribution >= 4 is 11.8 Å². The van der Waals surface area contributed by atoms with Crippen molar-refractivity contribution in [1.82, 2.24) is 10.6 Å². The minimum atomic E-state index is -0.465. The van der Waals surface area contributed by atoms with E-state index in [1.54, 1.807) is 0 Å². The predicted molar refractivity (Wildman–Crippen MR) is 75.6 cm³/mol. The first-order valence-electron chi connectivity index (χ1n) is 6.59. The van der Waals surface area contributed by atoms with Gasteiger partial charge in [0.25, 0.3) is 0 Å². The normalized spacial score (nSPS) is 12.0. The van der Waals surface area contributed by atoms with E-state index in [2.05, 4.69) is 10.6 Å². The lowest BCUT2D eigenvalue weighted by Gasteiger charge is -2.20. The molecule has 0 radical (unpaired) electrons. The van der Waals surface area contributed by atoms with Gasteiger partial charge >= 0.3 is 0 Å². The summed E-state index contributed by atoms with van der Waals surface area (Å²) >= 11 is 0. The molecule has 0 bridgehead atoms. The molecule has 4 nitrogen and oxygen atoms in total. The molecule has 1 aromatic rings. The van der Waals surface area contributed by atoms with Gasteiger partial charge in [0.05, 0.1) is 0 Å². The summed E-state index contributed by atoms with van der Waals surface area (Å²) in [5.41, 5.74) is 1.18. The largest absolute Gasteiger partial charge is 0.354 e. The third-order valence-electron chi connectivity index (χ3n) is 2.86. The monoisotopic (exact) mass is 262 g/mol. The molecule has 0 saturated carbocycles. The van der Waals surface area contributed by atoms with Crippen molar-refractivity contribution in [2.75, 3.05) is 6.54 Å². The molecule has 0 unspecified atom stereocenters. The number of carbonyl (C=O) groups excluding carboxylic acids is 2. The Morgan fingerprint density at radius 1 is 1.16 bits per heavy atom. The molecule has 0 aliphatic heterocycles. The van der Waals surface area contributed by atoms with Crippen molar-refractivity contribution < 1.29 is 9.59 Å². The van der Waals surface area contributed by atoms with Gasteiger partial charge in [-0.05, 0) is 17.9 Å². The highest BCUT2D eigenvalue weighted by Gasteiger charge is 2.22. The van der Waals surface area contributed by atoms with E-state index in [-0.39, 0.29) is 17.7 Å². The fraction of sp³-hybridized carbons (Fsp3) is 0.467. The molecule has 19 heavy (non-hydrogen) atoms. The summed E-state index contributed by atoms with van der Waals surface area (Å²) in [6.07, 6.45) is 0.789. The van der Waals surface area contributed by atoms with Gasteiger partial charge in [-0.1, -0.05) is 44.2 Å². The third kappa shape index (κ3) is 5.55. The van der Waals surface area contributed by atoms with E-state index in [0.717, 1.165) is 6.42 Å². The van der Waals surface area contributed by atoms with Crippen molar-refractivity contribution in [1.29, 1.82) is 0 Å². The van der Waals surface area contributed by atoms with Gasteiger partial charge in [-0.2, -0.15) is 0 Å². The van der Waals surface area contributed by atoms with Crippen LogP contribution in [0.2, 0.25) is 0 Å². The van der Waals surface area contributed by atoms with Crippen molar-refractivity contribution in [3.63, 3.8) is 0 Å². The maximum Gasteiger partial charge on any atom is 0.242 e. The Hall–Kier alpha value is -1.84. The molecule has 0 fully saturated rings. The fourth-order valence-electron chi connectivity index (χ4n) is 1.84. The zero-order valence-corrected chi connectivity index (χ0v) is 11.8. The van der Waals surface area contributed by atoms with Gasteiger partial charge < -0.3 is 10.6 Å². The molecule has 0 aliphatic rings. The summed E-state index contributed by atoms with van der Waals surface area (Å²) in [5, 5.41) is 5.54. The van der Waals surface area contributed by atoms with Crippen LogP contribution in [0.15, 0.2) is 30.3 Å². The van der Waals surface area contributed by atoms with Crippen LogP contribution in [-0.2, 0) is 16.0 Å². The number of hydrogen-bond acceptors (Lipinski definition) is 2. The minimum absolute atomic E-state index is 0.0700. The summed E-state index contributed by atoms with van der Waals surface area (Å²) in [4.78, 5) is 23.1. The standard InChI is InChI=1S/C15H22N2O2/c1-11(2)14(17-12(3)18)15(19)16-10-9-13-7-5-4-6-8-13/h4-8,11,14H,9-10H2,1-3H3,(H,16,19)(H,17,18)/t14-/m0/s1. The van der Waals surface area contributed by atoms with Gasteiger partial charge in [0.2, 0.25) is 11.8 Å². The first-order valence-corrected chi connectivity index (χ1v) is 6.59. The average Bonchev–Trinajstić information content (AvgIpc) is 2.36. The van der Waals surface area contributed by atoms with E-state index in [1.165, 1.54) is 12.5 Å². The highest BCUT2D eigenvalue weighted by atomic mass is 16.2. The van der Waals surface area contributed by atoms with E-state index >= 15 is 0 Å². The first-order chi connectivity index (χ1) is 9.00. The second kappa shape index (κ2) is 7.56. The summed E-state index contributed by atoms with van der Waals surface area (Å²) < 4.78 is 0. The molecular weight excluding hydrogens is 240 g/mol. The Morgan fingerprint density at radius 2 is 1.79 bits per heavy atom. The molecule has 4 heteroatoms. The summed E-state index contributed by atoms with van der Waals surface area (Å²) in [7, 11) is 0. The average molecular weight is 262 g/mol. The molecule has 2 N–H and O–H groups in total. The number of amides is 2. The number of nitrogens with one attached hydrogen (secondary N) is 2. The van der Waals surface area contributed by atoms with Gasteiger partial charge in [0.15, 0.2) is 0 Å². The van der Waals surface area contributed by atoms with Crippen LogP contribution in [0.25, 0.3) is 0 Å². The minimum Gasteiger partial charge on any atom is -0.354 e. The Kier molecular flexibility index (Phi) is 6.06. The molecule has 2 amide bonds. The topological polar surface area (TPSA) is 58.2 Å². The summed E-state index contributed by atoms with van der Waals surface area (Å²) in [6.45, 7) is 5.83. The lowest BCUT2D eigenvalue weighted by atomic mass is 10.0. The second-order valence-electron chi connectivity index (χ2n) is 4.95. The molecule has 1 atom stereocenters. The number of hydrogen-bond donors (Lipinski definition) is 2. The molecule has 104 valence electrons. The Morgan fingerprint density at radius 3 is 2.32 bits per heavy atom. The van der Waals surface area contributed by atoms with Gasteiger partial charge in [-0.3, -0.25) is 9.59 Å². The van der Waals surface area contributed by atoms with Crippen LogP contribution in [0.5, 0.6) is 0 Å². The van der Waals surface area contributed by atoms with Crippen LogP contribution < -0.4 is 10.6 Å². The van der Waals surface area contributed by atoms with Crippen LogP contribution in [0.4, 0.5) is 0 Å². The highest BCUT2D eigenvalue weighted by molar-refractivity contribution is 5.87. The number of carbonyl (C=O) groups is 2. The lowest BCUT2D eigenvalue weighted by molar-refractivity contribution is -0.129. The van der Waals surface area contributed by atoms with E-state index in [9.17, 15) is 9.59 Å². The van der Waals surface area contributed by atoms with Gasteiger partial charge in [0.1, 0.15) is 6.04 Å². The van der Waals surface area contributed by atoms with E-state index in [1.807, 2.05) is 44.2 Å². The fourth-order valence-corrected chi connectivity index (χ4v) is 1.84. The van der Waals surface area contributed by atoms with Crippen LogP contribution in [0.1, 0.15) is 26.3 Å². The molecule has 1 aromatic carbocycles.